The highest BCUT2D eigenvalue weighted by atomic mass is 16.5. The molecule has 0 bridgehead atoms. The van der Waals surface area contributed by atoms with Gasteiger partial charge in [0.2, 0.25) is 0 Å². The van der Waals surface area contributed by atoms with Crippen molar-refractivity contribution in [2.45, 2.75) is 33.1 Å². The normalized spacial score (nSPS) is 15.8. The van der Waals surface area contributed by atoms with E-state index in [1.54, 1.807) is 0 Å². The zero-order valence-electron chi connectivity index (χ0n) is 17.9. The summed E-state index contributed by atoms with van der Waals surface area (Å²) in [7, 11) is 0. The minimum absolute atomic E-state index is 0.0962. The van der Waals surface area contributed by atoms with Crippen LogP contribution in [-0.4, -0.2) is 45.2 Å². The van der Waals surface area contributed by atoms with E-state index in [0.717, 1.165) is 49.7 Å². The number of hydrogen-bond acceptors (Lipinski definition) is 3. The van der Waals surface area contributed by atoms with Crippen molar-refractivity contribution in [3.8, 4) is 5.75 Å². The first-order valence-electron chi connectivity index (χ1n) is 10.8. The minimum Gasteiger partial charge on any atom is -0.492 e. The summed E-state index contributed by atoms with van der Waals surface area (Å²) in [6.45, 7) is 11.3. The van der Waals surface area contributed by atoms with E-state index in [1.165, 1.54) is 10.5 Å². The Balaban J connectivity index is 1.55. The van der Waals surface area contributed by atoms with Gasteiger partial charge in [0.15, 0.2) is 6.54 Å². The molecular weight excluding hydrogens is 362 g/mol. The monoisotopic (exact) mass is 396 g/mol. The van der Waals surface area contributed by atoms with Gasteiger partial charge in [-0.1, -0.05) is 44.2 Å². The van der Waals surface area contributed by atoms with E-state index in [-0.39, 0.29) is 5.91 Å². The van der Waals surface area contributed by atoms with Crippen molar-refractivity contribution in [3.05, 3.63) is 54.1 Å². The number of ether oxygens (including phenoxy) is 1. The molecule has 1 aliphatic heterocycles. The molecule has 156 valence electrons. The third-order valence-corrected chi connectivity index (χ3v) is 5.77. The molecule has 2 aromatic rings. The maximum absolute atomic E-state index is 12.7. The van der Waals surface area contributed by atoms with Crippen LogP contribution in [0.3, 0.4) is 0 Å². The van der Waals surface area contributed by atoms with Gasteiger partial charge < -0.3 is 19.9 Å². The zero-order valence-corrected chi connectivity index (χ0v) is 17.9. The lowest BCUT2D eigenvalue weighted by Gasteiger charge is -2.34. The largest absolute Gasteiger partial charge is 0.492 e. The lowest BCUT2D eigenvalue weighted by molar-refractivity contribution is -0.892. The summed E-state index contributed by atoms with van der Waals surface area (Å²) in [5, 5.41) is 3.15. The van der Waals surface area contributed by atoms with Crippen LogP contribution in [0.15, 0.2) is 48.5 Å². The van der Waals surface area contributed by atoms with Crippen LogP contribution in [0.5, 0.6) is 5.75 Å². The molecular formula is C24H34N3O2+. The Labute approximate surface area is 174 Å². The van der Waals surface area contributed by atoms with Crippen molar-refractivity contribution < 1.29 is 14.4 Å². The minimum atomic E-state index is 0.0962. The zero-order chi connectivity index (χ0) is 20.6. The number of carbonyl (C=O) groups excluding carboxylic acids is 1. The second kappa shape index (κ2) is 10.3. The van der Waals surface area contributed by atoms with Gasteiger partial charge in [-0.25, -0.2) is 0 Å². The Bertz CT molecular complexity index is 800. The number of piperazine rings is 1. The maximum Gasteiger partial charge on any atom is 0.279 e. The summed E-state index contributed by atoms with van der Waals surface area (Å²) in [5.74, 6) is 1.48. The van der Waals surface area contributed by atoms with Gasteiger partial charge in [0.25, 0.3) is 5.91 Å². The Hall–Kier alpha value is -2.53. The average molecular weight is 397 g/mol. The number of anilines is 2. The second-order valence-electron chi connectivity index (χ2n) is 7.76. The van der Waals surface area contributed by atoms with Crippen LogP contribution < -0.4 is 19.9 Å². The van der Waals surface area contributed by atoms with Crippen LogP contribution in [0.1, 0.15) is 38.7 Å². The number of nitrogens with zero attached hydrogens (tertiary/aromatic N) is 1. The number of amides is 1. The summed E-state index contributed by atoms with van der Waals surface area (Å²) < 4.78 is 5.78. The molecule has 1 atom stereocenters. The Morgan fingerprint density at radius 3 is 2.52 bits per heavy atom. The van der Waals surface area contributed by atoms with Crippen molar-refractivity contribution >= 4 is 17.3 Å². The number of rotatable bonds is 8. The van der Waals surface area contributed by atoms with Crippen LogP contribution in [0.2, 0.25) is 0 Å². The molecule has 1 aliphatic rings. The number of para-hydroxylation sites is 3. The molecule has 2 aromatic carbocycles. The molecule has 1 amide bonds. The van der Waals surface area contributed by atoms with Gasteiger partial charge in [0.1, 0.15) is 5.75 Å². The van der Waals surface area contributed by atoms with Crippen molar-refractivity contribution in [3.63, 3.8) is 0 Å². The van der Waals surface area contributed by atoms with Crippen molar-refractivity contribution in [2.75, 3.05) is 49.5 Å². The van der Waals surface area contributed by atoms with Gasteiger partial charge in [0.05, 0.1) is 38.5 Å². The number of hydrogen-bond donors (Lipinski definition) is 2. The van der Waals surface area contributed by atoms with Crippen LogP contribution in [0.4, 0.5) is 11.4 Å². The van der Waals surface area contributed by atoms with Gasteiger partial charge in [-0.05, 0) is 43.0 Å². The smallest absolute Gasteiger partial charge is 0.279 e. The van der Waals surface area contributed by atoms with Crippen molar-refractivity contribution in [1.82, 2.24) is 0 Å². The fourth-order valence-electron chi connectivity index (χ4n) is 3.92. The molecule has 0 unspecified atom stereocenters. The predicted octanol–water partition coefficient (Wildman–Crippen LogP) is 2.94. The Morgan fingerprint density at radius 1 is 1.10 bits per heavy atom. The Kier molecular flexibility index (Phi) is 7.53. The standard InChI is InChI=1S/C24H33N3O2/c1-4-19(3)20-10-6-7-11-21(20)25-24(28)18-26-14-16-27(17-15-26)22-12-8-9-13-23(22)29-5-2/h6-13,19H,4-5,14-18H2,1-3H3,(H,25,28)/p+1/t19-/m1/s1. The molecule has 1 saturated heterocycles. The average Bonchev–Trinajstić information content (AvgIpc) is 2.75. The van der Waals surface area contributed by atoms with Crippen LogP contribution >= 0.6 is 0 Å². The van der Waals surface area contributed by atoms with Crippen LogP contribution in [0, 0.1) is 0 Å². The molecule has 0 aliphatic carbocycles. The van der Waals surface area contributed by atoms with E-state index in [9.17, 15) is 4.79 Å². The van der Waals surface area contributed by atoms with Gasteiger partial charge in [-0.15, -0.1) is 0 Å². The maximum atomic E-state index is 12.7. The summed E-state index contributed by atoms with van der Waals surface area (Å²) in [6.07, 6.45) is 1.06. The van der Waals surface area contributed by atoms with E-state index in [2.05, 4.69) is 42.3 Å². The second-order valence-corrected chi connectivity index (χ2v) is 7.76. The third kappa shape index (κ3) is 5.51. The van der Waals surface area contributed by atoms with Crippen molar-refractivity contribution in [1.29, 1.82) is 0 Å². The topological polar surface area (TPSA) is 46.0 Å². The molecule has 0 aromatic heterocycles. The van der Waals surface area contributed by atoms with Gasteiger partial charge >= 0.3 is 0 Å². The third-order valence-electron chi connectivity index (χ3n) is 5.77. The first kappa shape index (κ1) is 21.2. The number of carbonyl (C=O) groups is 1. The van der Waals surface area contributed by atoms with Crippen LogP contribution in [0.25, 0.3) is 0 Å². The molecule has 29 heavy (non-hydrogen) atoms. The van der Waals surface area contributed by atoms with E-state index >= 15 is 0 Å². The molecule has 1 heterocycles. The van der Waals surface area contributed by atoms with E-state index < -0.39 is 0 Å². The first-order chi connectivity index (χ1) is 14.1. The summed E-state index contributed by atoms with van der Waals surface area (Å²) >= 11 is 0. The fourth-order valence-corrected chi connectivity index (χ4v) is 3.92. The van der Waals surface area contributed by atoms with Gasteiger partial charge in [-0.3, -0.25) is 4.79 Å². The number of quaternary nitrogens is 1. The van der Waals surface area contributed by atoms with Gasteiger partial charge in [-0.2, -0.15) is 0 Å². The molecule has 0 saturated carbocycles. The highest BCUT2D eigenvalue weighted by Crippen LogP contribution is 2.28. The fraction of sp³-hybridized carbons (Fsp3) is 0.458. The van der Waals surface area contributed by atoms with E-state index in [1.807, 2.05) is 37.3 Å². The highest BCUT2D eigenvalue weighted by molar-refractivity contribution is 5.92. The lowest BCUT2D eigenvalue weighted by Crippen LogP contribution is -3.15. The number of nitrogens with one attached hydrogen (secondary N) is 2. The quantitative estimate of drug-likeness (QED) is 0.721. The van der Waals surface area contributed by atoms with Crippen LogP contribution in [-0.2, 0) is 4.79 Å². The molecule has 5 heteroatoms. The molecule has 3 rings (SSSR count). The van der Waals surface area contributed by atoms with Gasteiger partial charge in [0, 0.05) is 5.69 Å². The summed E-state index contributed by atoms with van der Waals surface area (Å²) in [4.78, 5) is 16.4. The van der Waals surface area contributed by atoms with E-state index in [4.69, 9.17) is 4.74 Å². The lowest BCUT2D eigenvalue weighted by atomic mass is 9.97. The SMILES string of the molecule is CCOc1ccccc1N1CC[NH+](CC(=O)Nc2ccccc2[C@H](C)CC)CC1. The molecule has 2 N–H and O–H groups in total. The highest BCUT2D eigenvalue weighted by Gasteiger charge is 2.24. The van der Waals surface area contributed by atoms with Crippen molar-refractivity contribution in [2.24, 2.45) is 0 Å². The summed E-state index contributed by atoms with van der Waals surface area (Å²) in [5.41, 5.74) is 3.33. The molecule has 1 fully saturated rings. The predicted molar refractivity (Wildman–Crippen MR) is 119 cm³/mol. The number of benzene rings is 2. The Morgan fingerprint density at radius 2 is 1.79 bits per heavy atom. The molecule has 5 nitrogen and oxygen atoms in total. The summed E-state index contributed by atoms with van der Waals surface area (Å²) in [6, 6.07) is 16.4. The van der Waals surface area contributed by atoms with E-state index in [0.29, 0.717) is 19.1 Å². The molecule has 0 radical (unpaired) electrons. The first-order valence-corrected chi connectivity index (χ1v) is 10.8. The molecule has 0 spiro atoms.